The number of nitrogens with zero attached hydrogens (tertiary/aromatic N) is 2. The Hall–Kier alpha value is -1.32. The topological polar surface area (TPSA) is 37.8 Å². The fourth-order valence-electron chi connectivity index (χ4n) is 1.69. The summed E-state index contributed by atoms with van der Waals surface area (Å²) < 4.78 is 0. The number of aromatic nitrogens is 2. The molecule has 0 spiro atoms. The molecule has 2 aromatic rings. The zero-order valence-corrected chi connectivity index (χ0v) is 13.5. The molecule has 0 fully saturated rings. The molecule has 2 rings (SSSR count). The van der Waals surface area contributed by atoms with Gasteiger partial charge in [0.05, 0.1) is 10.7 Å². The van der Waals surface area contributed by atoms with Crippen LogP contribution in [0.1, 0.15) is 32.2 Å². The first-order valence-electron chi connectivity index (χ1n) is 6.34. The maximum Gasteiger partial charge on any atom is 0.137 e. The van der Waals surface area contributed by atoms with Gasteiger partial charge < -0.3 is 5.32 Å². The Kier molecular flexibility index (Phi) is 4.21. The molecule has 3 nitrogen and oxygen atoms in total. The molecule has 1 aromatic carbocycles. The molecule has 0 aliphatic rings. The number of rotatable bonds is 2. The van der Waals surface area contributed by atoms with Crippen molar-refractivity contribution in [2.45, 2.75) is 33.1 Å². The lowest BCUT2D eigenvalue weighted by Gasteiger charge is -2.18. The number of nitrogens with one attached hydrogen (secondary N) is 1. The van der Waals surface area contributed by atoms with E-state index in [2.05, 4.69) is 15.3 Å². The van der Waals surface area contributed by atoms with Crippen molar-refractivity contribution < 1.29 is 0 Å². The van der Waals surface area contributed by atoms with Gasteiger partial charge in [0.1, 0.15) is 16.8 Å². The van der Waals surface area contributed by atoms with Gasteiger partial charge in [0.2, 0.25) is 0 Å². The number of anilines is 2. The Bertz CT molecular complexity index is 634. The summed E-state index contributed by atoms with van der Waals surface area (Å²) in [5.74, 6) is 1.33. The lowest BCUT2D eigenvalue weighted by Crippen LogP contribution is -2.16. The van der Waals surface area contributed by atoms with Crippen LogP contribution in [0.25, 0.3) is 0 Å². The van der Waals surface area contributed by atoms with Gasteiger partial charge in [-0.1, -0.05) is 50.0 Å². The molecule has 0 bridgehead atoms. The molecule has 1 N–H and O–H groups in total. The third-order valence-corrected chi connectivity index (χ3v) is 3.27. The highest BCUT2D eigenvalue weighted by atomic mass is 35.5. The molecule has 0 atom stereocenters. The predicted octanol–water partition coefficient (Wildman–Crippen LogP) is 5.13. The quantitative estimate of drug-likeness (QED) is 0.781. The largest absolute Gasteiger partial charge is 0.339 e. The van der Waals surface area contributed by atoms with Crippen molar-refractivity contribution in [2.75, 3.05) is 5.32 Å². The second-order valence-corrected chi connectivity index (χ2v) is 6.55. The first-order valence-corrected chi connectivity index (χ1v) is 7.09. The Balaban J connectivity index is 2.39. The van der Waals surface area contributed by atoms with Crippen LogP contribution in [0, 0.1) is 6.92 Å². The van der Waals surface area contributed by atoms with Crippen molar-refractivity contribution in [3.63, 3.8) is 0 Å². The van der Waals surface area contributed by atoms with Crippen molar-refractivity contribution in [1.82, 2.24) is 9.97 Å². The number of hydrogen-bond donors (Lipinski definition) is 1. The van der Waals surface area contributed by atoms with Gasteiger partial charge >= 0.3 is 0 Å². The summed E-state index contributed by atoms with van der Waals surface area (Å²) >= 11 is 12.2. The molecule has 1 heterocycles. The van der Waals surface area contributed by atoms with Crippen LogP contribution in [0.15, 0.2) is 24.3 Å². The summed E-state index contributed by atoms with van der Waals surface area (Å²) in [7, 11) is 0. The van der Waals surface area contributed by atoms with E-state index in [9.17, 15) is 0 Å². The average molecular weight is 310 g/mol. The molecular formula is C15H17Cl2N3. The highest BCUT2D eigenvalue weighted by Crippen LogP contribution is 2.28. The van der Waals surface area contributed by atoms with Gasteiger partial charge in [-0.25, -0.2) is 9.97 Å². The summed E-state index contributed by atoms with van der Waals surface area (Å²) in [5, 5.41) is 4.25. The van der Waals surface area contributed by atoms with Crippen LogP contribution >= 0.6 is 23.2 Å². The Morgan fingerprint density at radius 1 is 1.05 bits per heavy atom. The smallest absolute Gasteiger partial charge is 0.137 e. The molecule has 0 saturated carbocycles. The van der Waals surface area contributed by atoms with Gasteiger partial charge in [0, 0.05) is 11.5 Å². The van der Waals surface area contributed by atoms with E-state index >= 15 is 0 Å². The maximum atomic E-state index is 6.18. The highest BCUT2D eigenvalue weighted by molar-refractivity contribution is 6.33. The van der Waals surface area contributed by atoms with Crippen molar-refractivity contribution in [3.05, 3.63) is 45.8 Å². The van der Waals surface area contributed by atoms with Crippen LogP contribution in [-0.2, 0) is 5.41 Å². The second-order valence-electron chi connectivity index (χ2n) is 5.76. The van der Waals surface area contributed by atoms with Crippen molar-refractivity contribution in [1.29, 1.82) is 0 Å². The van der Waals surface area contributed by atoms with Crippen molar-refractivity contribution in [3.8, 4) is 0 Å². The molecule has 0 aliphatic heterocycles. The van der Waals surface area contributed by atoms with Crippen LogP contribution in [0.5, 0.6) is 0 Å². The molecule has 0 saturated heterocycles. The van der Waals surface area contributed by atoms with Gasteiger partial charge in [-0.3, -0.25) is 0 Å². The molecule has 0 unspecified atom stereocenters. The molecule has 1 aromatic heterocycles. The molecular weight excluding hydrogens is 293 g/mol. The summed E-state index contributed by atoms with van der Waals surface area (Å²) in [6.07, 6.45) is 0. The van der Waals surface area contributed by atoms with Gasteiger partial charge in [-0.15, -0.1) is 0 Å². The summed E-state index contributed by atoms with van der Waals surface area (Å²) in [5.41, 5.74) is 1.76. The first kappa shape index (κ1) is 15.1. The van der Waals surface area contributed by atoms with Crippen LogP contribution in [0.2, 0.25) is 10.2 Å². The molecule has 20 heavy (non-hydrogen) atoms. The monoisotopic (exact) mass is 309 g/mol. The zero-order valence-electron chi connectivity index (χ0n) is 12.0. The second kappa shape index (κ2) is 5.58. The Morgan fingerprint density at radius 3 is 2.40 bits per heavy atom. The summed E-state index contributed by atoms with van der Waals surface area (Å²) in [6.45, 7) is 8.14. The third-order valence-electron chi connectivity index (χ3n) is 2.75. The van der Waals surface area contributed by atoms with Gasteiger partial charge in [0.25, 0.3) is 0 Å². The summed E-state index contributed by atoms with van der Waals surface area (Å²) in [6, 6.07) is 7.47. The van der Waals surface area contributed by atoms with Crippen LogP contribution in [0.3, 0.4) is 0 Å². The SMILES string of the molecule is Cc1ccc(Cl)c(Nc2cc(Cl)nc(C(C)(C)C)n2)c1. The lowest BCUT2D eigenvalue weighted by atomic mass is 9.96. The zero-order chi connectivity index (χ0) is 14.9. The lowest BCUT2D eigenvalue weighted by molar-refractivity contribution is 0.546. The van der Waals surface area contributed by atoms with Crippen LogP contribution in [0.4, 0.5) is 11.5 Å². The van der Waals surface area contributed by atoms with E-state index in [0.717, 1.165) is 11.3 Å². The molecule has 0 amide bonds. The molecule has 106 valence electrons. The normalized spacial score (nSPS) is 11.5. The van der Waals surface area contributed by atoms with Crippen molar-refractivity contribution >= 4 is 34.7 Å². The number of halogens is 2. The van der Waals surface area contributed by atoms with Gasteiger partial charge in [0.15, 0.2) is 0 Å². The predicted molar refractivity (Wildman–Crippen MR) is 85.2 cm³/mol. The van der Waals surface area contributed by atoms with E-state index in [1.54, 1.807) is 6.07 Å². The first-order chi connectivity index (χ1) is 9.25. The standard InChI is InChI=1S/C15H17Cl2N3/c1-9-5-6-10(16)11(7-9)18-13-8-12(17)19-14(20-13)15(2,3)4/h5-8H,1-4H3,(H,18,19,20). The van der Waals surface area contributed by atoms with Crippen LogP contribution in [-0.4, -0.2) is 9.97 Å². The minimum Gasteiger partial charge on any atom is -0.339 e. The molecule has 0 radical (unpaired) electrons. The number of benzene rings is 1. The fraction of sp³-hybridized carbons (Fsp3) is 0.333. The highest BCUT2D eigenvalue weighted by Gasteiger charge is 2.19. The fourth-order valence-corrected chi connectivity index (χ4v) is 2.04. The van der Waals surface area contributed by atoms with Crippen LogP contribution < -0.4 is 5.32 Å². The van der Waals surface area contributed by atoms with Crippen molar-refractivity contribution in [2.24, 2.45) is 0 Å². The minimum atomic E-state index is -0.169. The third kappa shape index (κ3) is 3.62. The van der Waals surface area contributed by atoms with E-state index < -0.39 is 0 Å². The van der Waals surface area contributed by atoms with E-state index in [1.165, 1.54) is 0 Å². The number of aryl methyl sites for hydroxylation is 1. The Morgan fingerprint density at radius 2 is 1.75 bits per heavy atom. The summed E-state index contributed by atoms with van der Waals surface area (Å²) in [4.78, 5) is 8.77. The van der Waals surface area contributed by atoms with E-state index in [1.807, 2.05) is 45.9 Å². The maximum absolute atomic E-state index is 6.18. The average Bonchev–Trinajstić information content (AvgIpc) is 2.32. The van der Waals surface area contributed by atoms with Gasteiger partial charge in [-0.05, 0) is 24.6 Å². The van der Waals surface area contributed by atoms with E-state index in [-0.39, 0.29) is 5.41 Å². The molecule has 5 heteroatoms. The minimum absolute atomic E-state index is 0.169. The Labute approximate surface area is 129 Å². The van der Waals surface area contributed by atoms with E-state index in [0.29, 0.717) is 21.8 Å². The number of hydrogen-bond acceptors (Lipinski definition) is 3. The molecule has 0 aliphatic carbocycles. The van der Waals surface area contributed by atoms with E-state index in [4.69, 9.17) is 23.2 Å². The van der Waals surface area contributed by atoms with Gasteiger partial charge in [-0.2, -0.15) is 0 Å².